The van der Waals surface area contributed by atoms with Crippen molar-refractivity contribution in [1.29, 1.82) is 0 Å². The highest BCUT2D eigenvalue weighted by molar-refractivity contribution is 5.76. The standard InChI is InChI=1S/C42H81NO4/c1-3-5-7-9-11-13-15-17-19-20-22-23-25-27-29-31-33-35-39(45)37-42(47)43-40(38-44)41(46)36-34-32-30-28-26-24-21-18-16-14-12-10-8-6-4-2/h11,13,15,17,39-41,44-46H,3-10,12,14,16,18-38H2,1-2H3,(H,43,47)/b13-11-,17-15-. The molecule has 0 saturated heterocycles. The fraction of sp³-hybridized carbons (Fsp3) is 0.881. The zero-order chi connectivity index (χ0) is 34.5. The van der Waals surface area contributed by atoms with E-state index in [0.29, 0.717) is 12.8 Å². The Morgan fingerprint density at radius 3 is 1.34 bits per heavy atom. The zero-order valence-electron chi connectivity index (χ0n) is 31.4. The van der Waals surface area contributed by atoms with Crippen LogP contribution in [0.25, 0.3) is 0 Å². The van der Waals surface area contributed by atoms with Gasteiger partial charge in [0.2, 0.25) is 5.91 Å². The molecular weight excluding hydrogens is 582 g/mol. The van der Waals surface area contributed by atoms with Crippen molar-refractivity contribution < 1.29 is 20.1 Å². The van der Waals surface area contributed by atoms with E-state index >= 15 is 0 Å². The molecule has 3 unspecified atom stereocenters. The van der Waals surface area contributed by atoms with Crippen LogP contribution in [0.1, 0.15) is 213 Å². The van der Waals surface area contributed by atoms with Gasteiger partial charge >= 0.3 is 0 Å². The Labute approximate surface area is 292 Å². The number of allylic oxidation sites excluding steroid dienone is 4. The molecule has 3 atom stereocenters. The molecule has 0 spiro atoms. The van der Waals surface area contributed by atoms with Gasteiger partial charge in [-0.3, -0.25) is 4.79 Å². The van der Waals surface area contributed by atoms with Gasteiger partial charge in [0.1, 0.15) is 0 Å². The minimum Gasteiger partial charge on any atom is -0.394 e. The molecule has 5 heteroatoms. The number of carbonyl (C=O) groups excluding carboxylic acids is 1. The minimum atomic E-state index is -0.748. The van der Waals surface area contributed by atoms with Gasteiger partial charge in [0.15, 0.2) is 0 Å². The number of aliphatic hydroxyl groups is 3. The van der Waals surface area contributed by atoms with Crippen LogP contribution in [0.2, 0.25) is 0 Å². The fourth-order valence-corrected chi connectivity index (χ4v) is 6.34. The Morgan fingerprint density at radius 2 is 0.894 bits per heavy atom. The maximum Gasteiger partial charge on any atom is 0.222 e. The summed E-state index contributed by atoms with van der Waals surface area (Å²) in [5.74, 6) is -0.287. The lowest BCUT2D eigenvalue weighted by Gasteiger charge is -2.23. The quantitative estimate of drug-likeness (QED) is 0.0393. The number of carbonyl (C=O) groups is 1. The third kappa shape index (κ3) is 34.5. The van der Waals surface area contributed by atoms with Crippen molar-refractivity contribution in [3.05, 3.63) is 24.3 Å². The lowest BCUT2D eigenvalue weighted by atomic mass is 10.0. The SMILES string of the molecule is CCCCC/C=C\C=C/CCCCCCCCCCC(O)CC(=O)NC(CO)C(O)CCCCCCCCCCCCCCCCC. The second-order valence-electron chi connectivity index (χ2n) is 14.3. The molecule has 5 nitrogen and oxygen atoms in total. The summed E-state index contributed by atoms with van der Waals surface area (Å²) in [6.07, 6.45) is 44.1. The van der Waals surface area contributed by atoms with Crippen molar-refractivity contribution in [3.63, 3.8) is 0 Å². The zero-order valence-corrected chi connectivity index (χ0v) is 31.4. The first-order valence-corrected chi connectivity index (χ1v) is 20.6. The highest BCUT2D eigenvalue weighted by Gasteiger charge is 2.21. The van der Waals surface area contributed by atoms with Crippen molar-refractivity contribution >= 4 is 5.91 Å². The van der Waals surface area contributed by atoms with Gasteiger partial charge in [-0.25, -0.2) is 0 Å². The van der Waals surface area contributed by atoms with Crippen LogP contribution in [0.4, 0.5) is 0 Å². The van der Waals surface area contributed by atoms with Crippen LogP contribution in [0.15, 0.2) is 24.3 Å². The number of hydrogen-bond donors (Lipinski definition) is 4. The highest BCUT2D eigenvalue weighted by Crippen LogP contribution is 2.16. The summed E-state index contributed by atoms with van der Waals surface area (Å²) in [5, 5.41) is 33.3. The molecule has 0 aliphatic heterocycles. The number of amides is 1. The van der Waals surface area contributed by atoms with E-state index in [1.165, 1.54) is 154 Å². The number of hydrogen-bond acceptors (Lipinski definition) is 4. The average Bonchev–Trinajstić information content (AvgIpc) is 3.06. The van der Waals surface area contributed by atoms with Crippen molar-refractivity contribution in [2.24, 2.45) is 0 Å². The number of unbranched alkanes of at least 4 members (excludes halogenated alkanes) is 25. The van der Waals surface area contributed by atoms with Crippen LogP contribution in [-0.4, -0.2) is 46.1 Å². The molecule has 0 rings (SSSR count). The first-order valence-electron chi connectivity index (χ1n) is 20.6. The molecule has 0 heterocycles. The van der Waals surface area contributed by atoms with E-state index < -0.39 is 18.2 Å². The average molecular weight is 664 g/mol. The second-order valence-corrected chi connectivity index (χ2v) is 14.3. The van der Waals surface area contributed by atoms with Gasteiger partial charge in [-0.15, -0.1) is 0 Å². The lowest BCUT2D eigenvalue weighted by molar-refractivity contribution is -0.125. The first-order chi connectivity index (χ1) is 23.0. The van der Waals surface area contributed by atoms with Gasteiger partial charge in [-0.1, -0.05) is 192 Å². The third-order valence-corrected chi connectivity index (χ3v) is 9.55. The summed E-state index contributed by atoms with van der Waals surface area (Å²) in [7, 11) is 0. The number of rotatable bonds is 37. The second kappa shape index (κ2) is 37.6. The third-order valence-electron chi connectivity index (χ3n) is 9.55. The van der Waals surface area contributed by atoms with E-state index in [1.807, 2.05) is 0 Å². The largest absolute Gasteiger partial charge is 0.394 e. The van der Waals surface area contributed by atoms with Crippen LogP contribution in [0.5, 0.6) is 0 Å². The Bertz CT molecular complexity index is 694. The molecule has 1 amide bonds. The smallest absolute Gasteiger partial charge is 0.222 e. The molecule has 0 aromatic carbocycles. The van der Waals surface area contributed by atoms with E-state index in [-0.39, 0.29) is 18.9 Å². The van der Waals surface area contributed by atoms with E-state index in [0.717, 1.165) is 25.7 Å². The van der Waals surface area contributed by atoms with Gasteiger partial charge < -0.3 is 20.6 Å². The van der Waals surface area contributed by atoms with Crippen molar-refractivity contribution in [3.8, 4) is 0 Å². The monoisotopic (exact) mass is 664 g/mol. The number of aliphatic hydroxyl groups excluding tert-OH is 3. The van der Waals surface area contributed by atoms with Crippen LogP contribution < -0.4 is 5.32 Å². The lowest BCUT2D eigenvalue weighted by Crippen LogP contribution is -2.46. The normalized spacial score (nSPS) is 13.9. The van der Waals surface area contributed by atoms with Crippen molar-refractivity contribution in [1.82, 2.24) is 5.32 Å². The Morgan fingerprint density at radius 1 is 0.532 bits per heavy atom. The molecule has 4 N–H and O–H groups in total. The molecule has 0 saturated carbocycles. The molecule has 0 aromatic rings. The molecule has 278 valence electrons. The summed E-state index contributed by atoms with van der Waals surface area (Å²) in [6.45, 7) is 4.23. The highest BCUT2D eigenvalue weighted by atomic mass is 16.3. The molecule has 0 aliphatic rings. The minimum absolute atomic E-state index is 0.0330. The Balaban J connectivity index is 3.65. The summed E-state index contributed by atoms with van der Waals surface area (Å²) >= 11 is 0. The van der Waals surface area contributed by atoms with E-state index in [1.54, 1.807) is 0 Å². The van der Waals surface area contributed by atoms with Crippen LogP contribution in [-0.2, 0) is 4.79 Å². The first kappa shape index (κ1) is 45.8. The van der Waals surface area contributed by atoms with Gasteiger partial charge in [-0.05, 0) is 38.5 Å². The van der Waals surface area contributed by atoms with E-state index in [2.05, 4.69) is 43.5 Å². The van der Waals surface area contributed by atoms with Crippen LogP contribution in [0.3, 0.4) is 0 Å². The predicted octanol–water partition coefficient (Wildman–Crippen LogP) is 11.4. The molecule has 0 fully saturated rings. The Hall–Kier alpha value is -1.17. The van der Waals surface area contributed by atoms with Crippen molar-refractivity contribution in [2.45, 2.75) is 231 Å². The maximum absolute atomic E-state index is 12.4. The molecule has 0 bridgehead atoms. The maximum atomic E-state index is 12.4. The van der Waals surface area contributed by atoms with E-state index in [4.69, 9.17) is 0 Å². The van der Waals surface area contributed by atoms with Gasteiger partial charge in [0.05, 0.1) is 31.3 Å². The van der Waals surface area contributed by atoms with Crippen LogP contribution in [0, 0.1) is 0 Å². The summed E-state index contributed by atoms with van der Waals surface area (Å²) in [6, 6.07) is -0.658. The molecule has 0 aliphatic carbocycles. The van der Waals surface area contributed by atoms with Gasteiger partial charge in [0, 0.05) is 0 Å². The summed E-state index contributed by atoms with van der Waals surface area (Å²) in [5.41, 5.74) is 0. The predicted molar refractivity (Wildman–Crippen MR) is 204 cm³/mol. The topological polar surface area (TPSA) is 89.8 Å². The van der Waals surface area contributed by atoms with Gasteiger partial charge in [-0.2, -0.15) is 0 Å². The van der Waals surface area contributed by atoms with Crippen molar-refractivity contribution in [2.75, 3.05) is 6.61 Å². The molecule has 0 aromatic heterocycles. The summed E-state index contributed by atoms with van der Waals surface area (Å²) < 4.78 is 0. The van der Waals surface area contributed by atoms with Crippen LogP contribution >= 0.6 is 0 Å². The van der Waals surface area contributed by atoms with E-state index in [9.17, 15) is 20.1 Å². The van der Waals surface area contributed by atoms with Gasteiger partial charge in [0.25, 0.3) is 0 Å². The number of nitrogens with one attached hydrogen (secondary N) is 1. The fourth-order valence-electron chi connectivity index (χ4n) is 6.34. The molecule has 0 radical (unpaired) electrons. The Kier molecular flexibility index (Phi) is 36.7. The molecular formula is C42H81NO4. The summed E-state index contributed by atoms with van der Waals surface area (Å²) in [4.78, 5) is 12.4. The molecule has 47 heavy (non-hydrogen) atoms.